The minimum atomic E-state index is -5.97. The van der Waals surface area contributed by atoms with E-state index >= 15 is 0 Å². The maximum absolute atomic E-state index is 12.7. The van der Waals surface area contributed by atoms with Crippen LogP contribution in [0.4, 0.5) is 13.2 Å². The fourth-order valence-corrected chi connectivity index (χ4v) is 4.23. The molecule has 0 aliphatic carbocycles. The second-order valence-electron chi connectivity index (χ2n) is 4.50. The molecule has 0 aliphatic rings. The number of sulfonamides is 2. The predicted octanol–water partition coefficient (Wildman–Crippen LogP) is -1.81. The summed E-state index contributed by atoms with van der Waals surface area (Å²) in [5.41, 5.74) is 0. The van der Waals surface area contributed by atoms with Crippen LogP contribution in [-0.2, 0) is 39.7 Å². The van der Waals surface area contributed by atoms with E-state index in [0.29, 0.717) is 12.3 Å². The molecule has 27 heavy (non-hydrogen) atoms. The van der Waals surface area contributed by atoms with Crippen molar-refractivity contribution in [3.8, 4) is 6.07 Å². The molecule has 1 unspecified atom stereocenters. The van der Waals surface area contributed by atoms with Gasteiger partial charge in [0.25, 0.3) is 10.2 Å². The summed E-state index contributed by atoms with van der Waals surface area (Å²) in [4.78, 5) is 2.18. The highest BCUT2D eigenvalue weighted by molar-refractivity contribution is 7.93. The average Bonchev–Trinajstić information content (AvgIpc) is 2.47. The minimum absolute atomic E-state index is 0.0814. The number of alkyl halides is 3. The van der Waals surface area contributed by atoms with E-state index < -0.39 is 52.9 Å². The first-order valence-electron chi connectivity index (χ1n) is 6.50. The number of ether oxygens (including phenoxy) is 2. The molecular weight excluding hydrogens is 447 g/mol. The van der Waals surface area contributed by atoms with Crippen LogP contribution in [0.2, 0.25) is 0 Å². The molecule has 19 heteroatoms. The summed E-state index contributed by atoms with van der Waals surface area (Å²) >= 11 is 0. The highest BCUT2D eigenvalue weighted by Gasteiger charge is 2.59. The predicted molar refractivity (Wildman–Crippen MR) is 81.6 cm³/mol. The smallest absolute Gasteiger partial charge is 0.325 e. The first-order chi connectivity index (χ1) is 12.0. The lowest BCUT2D eigenvalue weighted by Crippen LogP contribution is -2.64. The molecule has 160 valence electrons. The topological polar surface area (TPSA) is 184 Å². The third-order valence-electron chi connectivity index (χ3n) is 2.18. The zero-order chi connectivity index (χ0) is 21.7. The van der Waals surface area contributed by atoms with Gasteiger partial charge in [0, 0.05) is 7.05 Å². The highest BCUT2D eigenvalue weighted by Crippen LogP contribution is 2.32. The molecule has 0 fully saturated rings. The Balaban J connectivity index is 6.52. The van der Waals surface area contributed by atoms with Gasteiger partial charge in [0.05, 0.1) is 12.9 Å². The molecule has 13 nitrogen and oxygen atoms in total. The maximum atomic E-state index is 12.7. The third kappa shape index (κ3) is 7.80. The number of hydrogen-bond acceptors (Lipinski definition) is 9. The molecule has 0 aliphatic heterocycles. The second-order valence-corrected chi connectivity index (χ2v) is 9.67. The van der Waals surface area contributed by atoms with Gasteiger partial charge in [-0.2, -0.15) is 13.7 Å². The van der Waals surface area contributed by atoms with Crippen LogP contribution < -0.4 is 14.4 Å². The Morgan fingerprint density at radius 1 is 1.11 bits per heavy atom. The molecular formula is C8H16F3N5O8S3. The van der Waals surface area contributed by atoms with E-state index in [1.807, 2.05) is 0 Å². The van der Waals surface area contributed by atoms with E-state index in [4.69, 9.17) is 5.26 Å². The van der Waals surface area contributed by atoms with E-state index in [2.05, 4.69) is 9.47 Å². The van der Waals surface area contributed by atoms with Crippen LogP contribution in [-0.4, -0.2) is 61.2 Å². The summed E-state index contributed by atoms with van der Waals surface area (Å²) < 4.78 is 117. The lowest BCUT2D eigenvalue weighted by Gasteiger charge is -2.31. The van der Waals surface area contributed by atoms with Crippen LogP contribution in [0.3, 0.4) is 0 Å². The number of hydrogen-bond donors (Lipinski definition) is 3. The molecule has 1 atom stereocenters. The maximum Gasteiger partial charge on any atom is 0.526 e. The van der Waals surface area contributed by atoms with E-state index in [1.54, 1.807) is 0 Å². The van der Waals surface area contributed by atoms with Gasteiger partial charge in [-0.1, -0.05) is 6.92 Å². The Hall–Kier alpha value is -1.11. The standard InChI is InChI=1S/C8H16F3N5O8S3/c1-4-5-23-7(6-12,24-8(9,10)11)26(19,20)16(14-25(3,17)18)15-27(21,22)13-2/h13-15H,4-5H2,1-3H3. The van der Waals surface area contributed by atoms with Crippen molar-refractivity contribution >= 4 is 30.3 Å². The quantitative estimate of drug-likeness (QED) is 0.235. The van der Waals surface area contributed by atoms with E-state index in [-0.39, 0.29) is 6.42 Å². The first kappa shape index (κ1) is 25.9. The van der Waals surface area contributed by atoms with Gasteiger partial charge in [-0.25, -0.2) is 26.3 Å². The Morgan fingerprint density at radius 3 is 1.96 bits per heavy atom. The van der Waals surface area contributed by atoms with Crippen molar-refractivity contribution in [1.82, 2.24) is 18.9 Å². The minimum Gasteiger partial charge on any atom is -0.325 e. The fourth-order valence-electron chi connectivity index (χ4n) is 1.20. The second kappa shape index (κ2) is 8.93. The molecule has 0 saturated heterocycles. The summed E-state index contributed by atoms with van der Waals surface area (Å²) in [6.45, 7) is 0.590. The zero-order valence-electron chi connectivity index (χ0n) is 13.9. The molecule has 0 bridgehead atoms. The summed E-state index contributed by atoms with van der Waals surface area (Å²) in [5, 5.41) is 4.86. The lowest BCUT2D eigenvalue weighted by molar-refractivity contribution is -0.379. The fraction of sp³-hybridized carbons (Fsp3) is 0.875. The molecule has 0 heterocycles. The van der Waals surface area contributed by atoms with Crippen molar-refractivity contribution in [2.45, 2.75) is 24.8 Å². The molecule has 0 rings (SSSR count). The number of nitrogens with one attached hydrogen (secondary N) is 3. The number of hydrazine groups is 2. The van der Waals surface area contributed by atoms with Crippen LogP contribution in [0.15, 0.2) is 0 Å². The van der Waals surface area contributed by atoms with Crippen LogP contribution in [0, 0.1) is 11.3 Å². The van der Waals surface area contributed by atoms with Crippen LogP contribution >= 0.6 is 0 Å². The molecule has 0 saturated carbocycles. The number of nitrogens with zero attached hydrogens (tertiary/aromatic N) is 2. The van der Waals surface area contributed by atoms with Gasteiger partial charge in [0.2, 0.25) is 10.0 Å². The Labute approximate surface area is 153 Å². The molecule has 0 aromatic heterocycles. The SMILES string of the molecule is CCCOC(C#N)(OC(F)(F)F)S(=O)(=O)N(NS(C)(=O)=O)NS(=O)(=O)NC. The van der Waals surface area contributed by atoms with Gasteiger partial charge < -0.3 is 4.74 Å². The van der Waals surface area contributed by atoms with Crippen molar-refractivity contribution in [2.75, 3.05) is 19.9 Å². The Kier molecular flexibility index (Phi) is 8.56. The van der Waals surface area contributed by atoms with Gasteiger partial charge in [-0.3, -0.25) is 0 Å². The monoisotopic (exact) mass is 463 g/mol. The van der Waals surface area contributed by atoms with Gasteiger partial charge in [0.15, 0.2) is 0 Å². The Morgan fingerprint density at radius 2 is 1.63 bits per heavy atom. The van der Waals surface area contributed by atoms with E-state index in [9.17, 15) is 38.4 Å². The number of rotatable bonds is 11. The molecule has 0 aromatic rings. The van der Waals surface area contributed by atoms with Crippen molar-refractivity contribution in [2.24, 2.45) is 0 Å². The van der Waals surface area contributed by atoms with Gasteiger partial charge in [-0.15, -0.1) is 22.8 Å². The van der Waals surface area contributed by atoms with Gasteiger partial charge in [-0.05, 0) is 10.9 Å². The molecule has 0 amide bonds. The summed E-state index contributed by atoms with van der Waals surface area (Å²) in [7, 11) is -14.6. The van der Waals surface area contributed by atoms with Crippen molar-refractivity contribution in [3.05, 3.63) is 0 Å². The van der Waals surface area contributed by atoms with E-state index in [1.165, 1.54) is 11.6 Å². The number of halogens is 3. The molecule has 0 spiro atoms. The average molecular weight is 463 g/mol. The normalized spacial score (nSPS) is 16.1. The van der Waals surface area contributed by atoms with Gasteiger partial charge >= 0.3 is 21.5 Å². The first-order valence-corrected chi connectivity index (χ1v) is 11.3. The zero-order valence-corrected chi connectivity index (χ0v) is 16.4. The van der Waals surface area contributed by atoms with Crippen molar-refractivity contribution < 1.29 is 47.9 Å². The molecule has 0 radical (unpaired) electrons. The largest absolute Gasteiger partial charge is 0.526 e. The van der Waals surface area contributed by atoms with Crippen molar-refractivity contribution in [1.29, 1.82) is 5.26 Å². The summed E-state index contributed by atoms with van der Waals surface area (Å²) in [5.74, 6) is 0. The lowest BCUT2D eigenvalue weighted by atomic mass is 10.5. The molecule has 3 N–H and O–H groups in total. The van der Waals surface area contributed by atoms with Gasteiger partial charge in [0.1, 0.15) is 6.07 Å². The van der Waals surface area contributed by atoms with E-state index in [0.717, 1.165) is 16.7 Å². The third-order valence-corrected chi connectivity index (χ3v) is 5.52. The number of nitriles is 1. The van der Waals surface area contributed by atoms with Crippen molar-refractivity contribution in [3.63, 3.8) is 0 Å². The van der Waals surface area contributed by atoms with Crippen LogP contribution in [0.5, 0.6) is 0 Å². The van der Waals surface area contributed by atoms with Crippen LogP contribution in [0.1, 0.15) is 13.3 Å². The summed E-state index contributed by atoms with van der Waals surface area (Å²) in [6.07, 6.45) is -5.47. The summed E-state index contributed by atoms with van der Waals surface area (Å²) in [6, 6.07) is 0.633. The van der Waals surface area contributed by atoms with Crippen LogP contribution in [0.25, 0.3) is 0 Å². The molecule has 0 aromatic carbocycles. The Bertz CT molecular complexity index is 866. The highest BCUT2D eigenvalue weighted by atomic mass is 32.2.